The van der Waals surface area contributed by atoms with Crippen LogP contribution in [0.25, 0.3) is 0 Å². The second kappa shape index (κ2) is 4.43. The molecule has 2 heterocycles. The summed E-state index contributed by atoms with van der Waals surface area (Å²) in [5.74, 6) is 1.78. The Morgan fingerprint density at radius 2 is 1.71 bits per heavy atom. The van der Waals surface area contributed by atoms with E-state index in [-0.39, 0.29) is 0 Å². The van der Waals surface area contributed by atoms with Gasteiger partial charge in [0.1, 0.15) is 0 Å². The minimum absolute atomic E-state index is 0.571. The van der Waals surface area contributed by atoms with Crippen LogP contribution in [0.4, 0.5) is 0 Å². The predicted octanol–water partition coefficient (Wildman–Crippen LogP) is 2.21. The van der Waals surface area contributed by atoms with Gasteiger partial charge in [-0.05, 0) is 44.3 Å². The Hall–Kier alpha value is -0.860. The van der Waals surface area contributed by atoms with Gasteiger partial charge in [0.25, 0.3) is 0 Å². The second-order valence-corrected chi connectivity index (χ2v) is 5.72. The number of benzene rings is 1. The van der Waals surface area contributed by atoms with E-state index < -0.39 is 0 Å². The molecule has 1 aromatic carbocycles. The lowest BCUT2D eigenvalue weighted by atomic mass is 10.0. The molecule has 17 heavy (non-hydrogen) atoms. The average Bonchev–Trinajstić information content (AvgIpc) is 2.89. The van der Waals surface area contributed by atoms with E-state index in [0.29, 0.717) is 6.04 Å². The van der Waals surface area contributed by atoms with E-state index in [0.717, 1.165) is 11.8 Å². The summed E-state index contributed by atoms with van der Waals surface area (Å²) >= 11 is 0. The first-order valence-corrected chi connectivity index (χ1v) is 6.75. The highest BCUT2D eigenvalue weighted by atomic mass is 15.2. The maximum absolute atomic E-state index is 3.50. The van der Waals surface area contributed by atoms with Crippen LogP contribution < -0.4 is 5.32 Å². The van der Waals surface area contributed by atoms with Crippen molar-refractivity contribution in [3.63, 3.8) is 0 Å². The number of aryl methyl sites for hydroxylation is 1. The first-order valence-electron chi connectivity index (χ1n) is 6.75. The molecule has 0 spiro atoms. The van der Waals surface area contributed by atoms with Gasteiger partial charge in [0.15, 0.2) is 0 Å². The third kappa shape index (κ3) is 2.12. The van der Waals surface area contributed by atoms with Gasteiger partial charge in [0.2, 0.25) is 0 Å². The molecule has 2 heteroatoms. The van der Waals surface area contributed by atoms with Gasteiger partial charge in [-0.25, -0.2) is 0 Å². The summed E-state index contributed by atoms with van der Waals surface area (Å²) < 4.78 is 0. The van der Waals surface area contributed by atoms with Crippen LogP contribution in [0, 0.1) is 18.8 Å². The summed E-state index contributed by atoms with van der Waals surface area (Å²) in [5.41, 5.74) is 2.81. The van der Waals surface area contributed by atoms with Crippen molar-refractivity contribution in [3.05, 3.63) is 35.4 Å². The van der Waals surface area contributed by atoms with Crippen LogP contribution in [-0.4, -0.2) is 31.1 Å². The first kappa shape index (κ1) is 11.2. The van der Waals surface area contributed by atoms with E-state index in [9.17, 15) is 0 Å². The van der Waals surface area contributed by atoms with Crippen LogP contribution in [0.2, 0.25) is 0 Å². The number of hydrogen-bond acceptors (Lipinski definition) is 2. The molecule has 2 saturated heterocycles. The van der Waals surface area contributed by atoms with Gasteiger partial charge < -0.3 is 5.32 Å². The summed E-state index contributed by atoms with van der Waals surface area (Å²) in [6.07, 6.45) is 0. The molecule has 0 saturated carbocycles. The van der Waals surface area contributed by atoms with Crippen LogP contribution in [-0.2, 0) is 0 Å². The molecule has 0 radical (unpaired) electrons. The zero-order valence-corrected chi connectivity index (χ0v) is 10.8. The van der Waals surface area contributed by atoms with Crippen molar-refractivity contribution >= 4 is 0 Å². The lowest BCUT2D eigenvalue weighted by Crippen LogP contribution is -2.28. The first-order chi connectivity index (χ1) is 8.24. The Kier molecular flexibility index (Phi) is 2.93. The predicted molar refractivity (Wildman–Crippen MR) is 71.0 cm³/mol. The Morgan fingerprint density at radius 1 is 1.12 bits per heavy atom. The minimum Gasteiger partial charge on any atom is -0.316 e. The quantitative estimate of drug-likeness (QED) is 0.838. The zero-order chi connectivity index (χ0) is 11.8. The van der Waals surface area contributed by atoms with Crippen LogP contribution in [0.1, 0.15) is 24.1 Å². The Balaban J connectivity index is 1.70. The number of fused-ring (bicyclic) bond motifs is 1. The molecular weight excluding hydrogens is 208 g/mol. The van der Waals surface area contributed by atoms with Gasteiger partial charge in [0, 0.05) is 19.1 Å². The lowest BCUT2D eigenvalue weighted by molar-refractivity contribution is 0.244. The van der Waals surface area contributed by atoms with Gasteiger partial charge in [-0.3, -0.25) is 4.90 Å². The fraction of sp³-hybridized carbons (Fsp3) is 0.600. The molecule has 0 aliphatic carbocycles. The molecule has 0 amide bonds. The maximum atomic E-state index is 3.50. The molecule has 0 aromatic heterocycles. The molecule has 1 unspecified atom stereocenters. The number of nitrogens with one attached hydrogen (secondary N) is 1. The average molecular weight is 230 g/mol. The van der Waals surface area contributed by atoms with Crippen molar-refractivity contribution in [1.82, 2.24) is 10.2 Å². The number of nitrogens with zero attached hydrogens (tertiary/aromatic N) is 1. The van der Waals surface area contributed by atoms with E-state index in [1.165, 1.54) is 37.3 Å². The van der Waals surface area contributed by atoms with Crippen molar-refractivity contribution in [1.29, 1.82) is 0 Å². The largest absolute Gasteiger partial charge is 0.316 e. The SMILES string of the molecule is Cc1ccc(C(C)N2C[C@H]3CNC[C@H]3C2)cc1. The Morgan fingerprint density at radius 3 is 2.29 bits per heavy atom. The molecule has 3 atom stereocenters. The molecule has 2 aliphatic rings. The van der Waals surface area contributed by atoms with Gasteiger partial charge in [-0.15, -0.1) is 0 Å². The molecule has 3 rings (SSSR count). The van der Waals surface area contributed by atoms with E-state index in [4.69, 9.17) is 0 Å². The Bertz CT molecular complexity index is 372. The summed E-state index contributed by atoms with van der Waals surface area (Å²) in [4.78, 5) is 2.65. The zero-order valence-electron chi connectivity index (χ0n) is 10.8. The fourth-order valence-corrected chi connectivity index (χ4v) is 3.26. The number of likely N-dealkylation sites (tertiary alicyclic amines) is 1. The Labute approximate surface area is 104 Å². The molecule has 2 nitrogen and oxygen atoms in total. The monoisotopic (exact) mass is 230 g/mol. The molecular formula is C15H22N2. The number of rotatable bonds is 2. The van der Waals surface area contributed by atoms with Crippen molar-refractivity contribution in [2.75, 3.05) is 26.2 Å². The molecule has 1 N–H and O–H groups in total. The van der Waals surface area contributed by atoms with E-state index in [1.54, 1.807) is 0 Å². The summed E-state index contributed by atoms with van der Waals surface area (Å²) in [6.45, 7) is 9.49. The maximum Gasteiger partial charge on any atom is 0.0320 e. The standard InChI is InChI=1S/C15H22N2/c1-11-3-5-13(6-4-11)12(2)17-9-14-7-16-8-15(14)10-17/h3-6,12,14-16H,7-10H2,1-2H3/t12?,14-,15+. The second-order valence-electron chi connectivity index (χ2n) is 5.72. The van der Waals surface area contributed by atoms with Crippen LogP contribution in [0.5, 0.6) is 0 Å². The molecule has 92 valence electrons. The molecule has 1 aromatic rings. The highest BCUT2D eigenvalue weighted by Crippen LogP contribution is 2.32. The number of hydrogen-bond donors (Lipinski definition) is 1. The summed E-state index contributed by atoms with van der Waals surface area (Å²) in [7, 11) is 0. The van der Waals surface area contributed by atoms with Gasteiger partial charge in [0.05, 0.1) is 0 Å². The molecule has 2 aliphatic heterocycles. The van der Waals surface area contributed by atoms with Crippen LogP contribution >= 0.6 is 0 Å². The molecule has 2 fully saturated rings. The highest BCUT2D eigenvalue weighted by molar-refractivity contribution is 5.24. The highest BCUT2D eigenvalue weighted by Gasteiger charge is 2.37. The minimum atomic E-state index is 0.571. The van der Waals surface area contributed by atoms with Gasteiger partial charge >= 0.3 is 0 Å². The van der Waals surface area contributed by atoms with E-state index in [2.05, 4.69) is 48.3 Å². The smallest absolute Gasteiger partial charge is 0.0320 e. The lowest BCUT2D eigenvalue weighted by Gasteiger charge is -2.25. The topological polar surface area (TPSA) is 15.3 Å². The van der Waals surface area contributed by atoms with Crippen molar-refractivity contribution in [3.8, 4) is 0 Å². The summed E-state index contributed by atoms with van der Waals surface area (Å²) in [6, 6.07) is 9.59. The fourth-order valence-electron chi connectivity index (χ4n) is 3.26. The van der Waals surface area contributed by atoms with Gasteiger partial charge in [-0.1, -0.05) is 29.8 Å². The van der Waals surface area contributed by atoms with E-state index in [1.807, 2.05) is 0 Å². The third-order valence-electron chi connectivity index (χ3n) is 4.53. The van der Waals surface area contributed by atoms with E-state index >= 15 is 0 Å². The van der Waals surface area contributed by atoms with Gasteiger partial charge in [-0.2, -0.15) is 0 Å². The third-order valence-corrected chi connectivity index (χ3v) is 4.53. The summed E-state index contributed by atoms with van der Waals surface area (Å²) in [5, 5.41) is 3.50. The molecule has 0 bridgehead atoms. The van der Waals surface area contributed by atoms with Crippen LogP contribution in [0.15, 0.2) is 24.3 Å². The van der Waals surface area contributed by atoms with Crippen LogP contribution in [0.3, 0.4) is 0 Å². The van der Waals surface area contributed by atoms with Crippen molar-refractivity contribution in [2.45, 2.75) is 19.9 Å². The van der Waals surface area contributed by atoms with Crippen molar-refractivity contribution in [2.24, 2.45) is 11.8 Å². The van der Waals surface area contributed by atoms with Crippen molar-refractivity contribution < 1.29 is 0 Å². The normalized spacial score (nSPS) is 30.5.